The number of hydrogen-bond acceptors (Lipinski definition) is 5. The molecule has 0 saturated heterocycles. The number of benzene rings is 4. The van der Waals surface area contributed by atoms with Gasteiger partial charge in [0.2, 0.25) is 5.91 Å². The molecule has 4 rings (SSSR count). The van der Waals surface area contributed by atoms with E-state index in [1.54, 1.807) is 24.3 Å². The number of carbonyl (C=O) groups excluding carboxylic acids is 1. The molecule has 0 aliphatic heterocycles. The van der Waals surface area contributed by atoms with Crippen molar-refractivity contribution in [2.45, 2.75) is 18.7 Å². The molecule has 0 aliphatic carbocycles. The highest BCUT2D eigenvalue weighted by atomic mass is 32.2. The van der Waals surface area contributed by atoms with E-state index in [4.69, 9.17) is 9.47 Å². The van der Waals surface area contributed by atoms with E-state index in [0.717, 1.165) is 26.4 Å². The minimum atomic E-state index is -4.01. The zero-order valence-corrected chi connectivity index (χ0v) is 21.7. The number of amides is 1. The Bertz CT molecular complexity index is 1450. The summed E-state index contributed by atoms with van der Waals surface area (Å²) in [6.07, 6.45) is 0. The summed E-state index contributed by atoms with van der Waals surface area (Å²) >= 11 is 0. The Labute approximate surface area is 217 Å². The average Bonchev–Trinajstić information content (AvgIpc) is 2.91. The van der Waals surface area contributed by atoms with Gasteiger partial charge >= 0.3 is 0 Å². The van der Waals surface area contributed by atoms with Crippen molar-refractivity contribution in [3.8, 4) is 11.5 Å². The van der Waals surface area contributed by atoms with Crippen LogP contribution in [-0.2, 0) is 14.8 Å². The molecule has 0 unspecified atom stereocenters. The van der Waals surface area contributed by atoms with Crippen molar-refractivity contribution in [3.05, 3.63) is 96.6 Å². The Morgan fingerprint density at radius 3 is 2.30 bits per heavy atom. The molecule has 37 heavy (non-hydrogen) atoms. The molecule has 0 heterocycles. The SMILES string of the molecule is CCOc1ccc(S(=O)(=O)N(CC(=O)NCCOc2cccc3ccccc23)c2ccc(C)cc2)cc1. The molecule has 0 saturated carbocycles. The van der Waals surface area contributed by atoms with E-state index >= 15 is 0 Å². The van der Waals surface area contributed by atoms with Gasteiger partial charge in [-0.1, -0.05) is 54.1 Å². The smallest absolute Gasteiger partial charge is 0.264 e. The quantitative estimate of drug-likeness (QED) is 0.285. The number of carbonyl (C=O) groups is 1. The molecule has 4 aromatic carbocycles. The van der Waals surface area contributed by atoms with E-state index in [1.165, 1.54) is 12.1 Å². The Morgan fingerprint density at radius 2 is 1.57 bits per heavy atom. The number of ether oxygens (including phenoxy) is 2. The van der Waals surface area contributed by atoms with Gasteiger partial charge in [0, 0.05) is 5.39 Å². The normalized spacial score (nSPS) is 11.2. The Hall–Kier alpha value is -4.04. The maximum atomic E-state index is 13.5. The first-order chi connectivity index (χ1) is 17.9. The second-order valence-corrected chi connectivity index (χ2v) is 10.3. The highest BCUT2D eigenvalue weighted by Crippen LogP contribution is 2.26. The van der Waals surface area contributed by atoms with Gasteiger partial charge in [-0.15, -0.1) is 0 Å². The summed E-state index contributed by atoms with van der Waals surface area (Å²) < 4.78 is 39.5. The van der Waals surface area contributed by atoms with Crippen molar-refractivity contribution in [1.29, 1.82) is 0 Å². The molecule has 7 nitrogen and oxygen atoms in total. The Morgan fingerprint density at radius 1 is 0.865 bits per heavy atom. The third-order valence-corrected chi connectivity index (χ3v) is 7.55. The zero-order chi connectivity index (χ0) is 26.3. The second-order valence-electron chi connectivity index (χ2n) is 8.43. The van der Waals surface area contributed by atoms with Crippen LogP contribution >= 0.6 is 0 Å². The van der Waals surface area contributed by atoms with Gasteiger partial charge in [-0.3, -0.25) is 9.10 Å². The monoisotopic (exact) mass is 518 g/mol. The molecule has 1 amide bonds. The molecule has 0 bridgehead atoms. The number of hydrogen-bond donors (Lipinski definition) is 1. The summed E-state index contributed by atoms with van der Waals surface area (Å²) in [4.78, 5) is 12.9. The summed E-state index contributed by atoms with van der Waals surface area (Å²) in [5, 5.41) is 4.83. The van der Waals surface area contributed by atoms with E-state index in [2.05, 4.69) is 5.32 Å². The van der Waals surface area contributed by atoms with Crippen LogP contribution in [0.25, 0.3) is 10.8 Å². The van der Waals surface area contributed by atoms with Crippen molar-refractivity contribution in [3.63, 3.8) is 0 Å². The van der Waals surface area contributed by atoms with E-state index in [9.17, 15) is 13.2 Å². The number of nitrogens with zero attached hydrogens (tertiary/aromatic N) is 1. The second kappa shape index (κ2) is 11.8. The number of rotatable bonds is 11. The van der Waals surface area contributed by atoms with E-state index in [1.807, 2.05) is 68.4 Å². The van der Waals surface area contributed by atoms with Crippen LogP contribution in [0.1, 0.15) is 12.5 Å². The molecule has 0 atom stereocenters. The molecule has 0 aliphatic rings. The number of sulfonamides is 1. The van der Waals surface area contributed by atoms with Crippen LogP contribution in [0.2, 0.25) is 0 Å². The minimum Gasteiger partial charge on any atom is -0.494 e. The predicted molar refractivity (Wildman–Crippen MR) is 146 cm³/mol. The van der Waals surface area contributed by atoms with Gasteiger partial charge in [0.05, 0.1) is 23.7 Å². The fraction of sp³-hybridized carbons (Fsp3) is 0.207. The van der Waals surface area contributed by atoms with Crippen LogP contribution in [-0.4, -0.2) is 40.6 Å². The standard InChI is InChI=1S/C29H30N2O5S/c1-3-35-25-15-17-26(18-16-25)37(33,34)31(24-13-11-22(2)12-14-24)21-29(32)30-19-20-36-28-10-6-8-23-7-4-5-9-27(23)28/h4-18H,3,19-21H2,1-2H3,(H,30,32). The molecule has 8 heteroatoms. The molecule has 0 fully saturated rings. The molecule has 0 spiro atoms. The van der Waals surface area contributed by atoms with Gasteiger partial charge in [0.15, 0.2) is 0 Å². The number of aryl methyl sites for hydroxylation is 1. The van der Waals surface area contributed by atoms with Crippen molar-refractivity contribution >= 4 is 32.4 Å². The lowest BCUT2D eigenvalue weighted by Crippen LogP contribution is -2.41. The number of fused-ring (bicyclic) bond motifs is 1. The van der Waals surface area contributed by atoms with Gasteiger partial charge in [0.25, 0.3) is 10.0 Å². The van der Waals surface area contributed by atoms with Crippen molar-refractivity contribution in [2.75, 3.05) is 30.6 Å². The van der Waals surface area contributed by atoms with Gasteiger partial charge < -0.3 is 14.8 Å². The van der Waals surface area contributed by atoms with Crippen LogP contribution in [0.5, 0.6) is 11.5 Å². The number of nitrogens with one attached hydrogen (secondary N) is 1. The maximum Gasteiger partial charge on any atom is 0.264 e. The lowest BCUT2D eigenvalue weighted by Gasteiger charge is -2.24. The predicted octanol–water partition coefficient (Wildman–Crippen LogP) is 4.94. The summed E-state index contributed by atoms with van der Waals surface area (Å²) in [7, 11) is -4.01. The third kappa shape index (κ3) is 6.40. The largest absolute Gasteiger partial charge is 0.494 e. The van der Waals surface area contributed by atoms with E-state index < -0.39 is 15.9 Å². The first-order valence-electron chi connectivity index (χ1n) is 12.1. The zero-order valence-electron chi connectivity index (χ0n) is 20.9. The van der Waals surface area contributed by atoms with Crippen molar-refractivity contribution in [2.24, 2.45) is 0 Å². The van der Waals surface area contributed by atoms with Crippen LogP contribution in [0.4, 0.5) is 5.69 Å². The molecule has 192 valence electrons. The highest BCUT2D eigenvalue weighted by Gasteiger charge is 2.27. The van der Waals surface area contributed by atoms with Gasteiger partial charge in [-0.2, -0.15) is 0 Å². The summed E-state index contributed by atoms with van der Waals surface area (Å²) in [5.74, 6) is 0.871. The minimum absolute atomic E-state index is 0.0728. The molecule has 0 radical (unpaired) electrons. The summed E-state index contributed by atoms with van der Waals surface area (Å²) in [6, 6.07) is 26.9. The van der Waals surface area contributed by atoms with Crippen molar-refractivity contribution < 1.29 is 22.7 Å². The first kappa shape index (κ1) is 26.0. The van der Waals surface area contributed by atoms with Gasteiger partial charge in [-0.25, -0.2) is 8.42 Å². The molecule has 1 N–H and O–H groups in total. The van der Waals surface area contributed by atoms with Crippen LogP contribution < -0.4 is 19.1 Å². The van der Waals surface area contributed by atoms with E-state index in [0.29, 0.717) is 18.0 Å². The highest BCUT2D eigenvalue weighted by molar-refractivity contribution is 7.92. The average molecular weight is 519 g/mol. The van der Waals surface area contributed by atoms with Crippen LogP contribution in [0, 0.1) is 6.92 Å². The first-order valence-corrected chi connectivity index (χ1v) is 13.5. The van der Waals surface area contributed by atoms with Crippen LogP contribution in [0.3, 0.4) is 0 Å². The van der Waals surface area contributed by atoms with Crippen LogP contribution in [0.15, 0.2) is 95.9 Å². The van der Waals surface area contributed by atoms with E-state index in [-0.39, 0.29) is 24.6 Å². The lowest BCUT2D eigenvalue weighted by molar-refractivity contribution is -0.119. The number of anilines is 1. The lowest BCUT2D eigenvalue weighted by atomic mass is 10.1. The van der Waals surface area contributed by atoms with Gasteiger partial charge in [0.1, 0.15) is 24.7 Å². The van der Waals surface area contributed by atoms with Crippen molar-refractivity contribution in [1.82, 2.24) is 5.32 Å². The topological polar surface area (TPSA) is 84.9 Å². The molecule has 0 aromatic heterocycles. The fourth-order valence-electron chi connectivity index (χ4n) is 3.89. The molecular formula is C29H30N2O5S. The maximum absolute atomic E-state index is 13.5. The third-order valence-electron chi connectivity index (χ3n) is 5.76. The summed E-state index contributed by atoms with van der Waals surface area (Å²) in [6.45, 7) is 4.36. The van der Waals surface area contributed by atoms with Gasteiger partial charge in [-0.05, 0) is 61.7 Å². The molecular weight excluding hydrogens is 488 g/mol. The Kier molecular flexibility index (Phi) is 8.30. The summed E-state index contributed by atoms with van der Waals surface area (Å²) in [5.41, 5.74) is 1.39. The fourth-order valence-corrected chi connectivity index (χ4v) is 5.31. The Balaban J connectivity index is 1.44. The molecule has 4 aromatic rings.